The summed E-state index contributed by atoms with van der Waals surface area (Å²) in [6, 6.07) is 8.38. The number of esters is 2. The normalized spacial score (nSPS) is 10.6. The minimum atomic E-state index is -0.644. The Bertz CT molecular complexity index is 1210. The number of benzene rings is 1. The predicted octanol–water partition coefficient (Wildman–Crippen LogP) is 5.80. The average Bonchev–Trinajstić information content (AvgIpc) is 3.38. The molecule has 3 rings (SSSR count). The molecule has 1 N–H and O–H groups in total. The molecule has 1 amide bonds. The van der Waals surface area contributed by atoms with E-state index in [2.05, 4.69) is 5.32 Å². The van der Waals surface area contributed by atoms with Crippen molar-refractivity contribution in [2.24, 2.45) is 0 Å². The van der Waals surface area contributed by atoms with Crippen LogP contribution in [0.15, 0.2) is 34.7 Å². The van der Waals surface area contributed by atoms with Crippen LogP contribution in [-0.4, -0.2) is 31.1 Å². The number of halogens is 1. The van der Waals surface area contributed by atoms with E-state index < -0.39 is 17.8 Å². The first kappa shape index (κ1) is 25.3. The fourth-order valence-corrected chi connectivity index (χ4v) is 4.42. The first-order valence-corrected chi connectivity index (χ1v) is 11.7. The van der Waals surface area contributed by atoms with Crippen molar-refractivity contribution in [3.8, 4) is 5.75 Å². The highest BCUT2D eigenvalue weighted by molar-refractivity contribution is 7.18. The smallest absolute Gasteiger partial charge is 0.348 e. The summed E-state index contributed by atoms with van der Waals surface area (Å²) in [5.41, 5.74) is 1.36. The van der Waals surface area contributed by atoms with Crippen LogP contribution in [0.5, 0.6) is 5.75 Å². The topological polar surface area (TPSA) is 104 Å². The van der Waals surface area contributed by atoms with Crippen molar-refractivity contribution < 1.29 is 33.0 Å². The zero-order chi connectivity index (χ0) is 24.8. The number of thiophene rings is 1. The molecule has 180 valence electrons. The van der Waals surface area contributed by atoms with Crippen LogP contribution in [0.2, 0.25) is 5.02 Å². The van der Waals surface area contributed by atoms with Gasteiger partial charge in [-0.2, -0.15) is 0 Å². The van der Waals surface area contributed by atoms with E-state index in [0.717, 1.165) is 16.9 Å². The van der Waals surface area contributed by atoms with Crippen LogP contribution >= 0.6 is 22.9 Å². The summed E-state index contributed by atoms with van der Waals surface area (Å²) in [4.78, 5) is 37.8. The number of anilines is 1. The average molecular weight is 506 g/mol. The maximum Gasteiger partial charge on any atom is 0.348 e. The molecule has 0 aliphatic heterocycles. The van der Waals surface area contributed by atoms with Crippen molar-refractivity contribution in [1.29, 1.82) is 0 Å². The third-order valence-corrected chi connectivity index (χ3v) is 6.13. The molecule has 0 atom stereocenters. The Labute approximate surface area is 205 Å². The van der Waals surface area contributed by atoms with Crippen molar-refractivity contribution in [1.82, 2.24) is 0 Å². The van der Waals surface area contributed by atoms with Gasteiger partial charge in [0, 0.05) is 5.02 Å². The zero-order valence-electron chi connectivity index (χ0n) is 19.2. The molecule has 1 aromatic carbocycles. The van der Waals surface area contributed by atoms with E-state index in [4.69, 9.17) is 30.2 Å². The summed E-state index contributed by atoms with van der Waals surface area (Å²) in [5.74, 6) is -0.716. The number of carbonyl (C=O) groups is 3. The quantitative estimate of drug-likeness (QED) is 0.366. The van der Waals surface area contributed by atoms with Gasteiger partial charge < -0.3 is 23.9 Å². The highest BCUT2D eigenvalue weighted by Gasteiger charge is 2.28. The molecule has 0 bridgehead atoms. The Morgan fingerprint density at radius 3 is 2.41 bits per heavy atom. The fraction of sp³-hybridized carbons (Fsp3) is 0.292. The Kier molecular flexibility index (Phi) is 8.36. The highest BCUT2D eigenvalue weighted by atomic mass is 35.5. The van der Waals surface area contributed by atoms with Crippen molar-refractivity contribution in [2.75, 3.05) is 18.5 Å². The number of hydrogen-bond donors (Lipinski definition) is 1. The second kappa shape index (κ2) is 11.2. The van der Waals surface area contributed by atoms with E-state index in [0.29, 0.717) is 22.1 Å². The summed E-state index contributed by atoms with van der Waals surface area (Å²) in [5, 5.41) is 3.43. The monoisotopic (exact) mass is 505 g/mol. The largest absolute Gasteiger partial charge is 0.485 e. The van der Waals surface area contributed by atoms with Crippen LogP contribution in [0, 0.1) is 13.8 Å². The van der Waals surface area contributed by atoms with Crippen molar-refractivity contribution in [3.63, 3.8) is 0 Å². The van der Waals surface area contributed by atoms with E-state index in [9.17, 15) is 14.4 Å². The highest BCUT2D eigenvalue weighted by Crippen LogP contribution is 2.35. The SMILES string of the molecule is CCOC(=O)c1sc(NC(=O)c2ccc(COc3ccc(Cl)cc3C)o2)c(C(=O)OCC)c1C. The first-order chi connectivity index (χ1) is 16.2. The summed E-state index contributed by atoms with van der Waals surface area (Å²) in [6.07, 6.45) is 0. The molecule has 34 heavy (non-hydrogen) atoms. The molecule has 0 saturated carbocycles. The lowest BCUT2D eigenvalue weighted by Gasteiger charge is -2.08. The molecule has 10 heteroatoms. The molecule has 2 aromatic heterocycles. The van der Waals surface area contributed by atoms with Gasteiger partial charge in [-0.05, 0) is 69.2 Å². The number of amides is 1. The Balaban J connectivity index is 1.77. The lowest BCUT2D eigenvalue weighted by atomic mass is 10.1. The number of ether oxygens (including phenoxy) is 3. The summed E-state index contributed by atoms with van der Waals surface area (Å²) < 4.78 is 21.5. The number of carbonyl (C=O) groups excluding carboxylic acids is 3. The predicted molar refractivity (Wildman–Crippen MR) is 128 cm³/mol. The van der Waals surface area contributed by atoms with Gasteiger partial charge in [0.2, 0.25) is 0 Å². The Morgan fingerprint density at radius 2 is 1.74 bits per heavy atom. The van der Waals surface area contributed by atoms with Crippen LogP contribution in [-0.2, 0) is 16.1 Å². The van der Waals surface area contributed by atoms with Gasteiger partial charge in [-0.25, -0.2) is 9.59 Å². The van der Waals surface area contributed by atoms with Crippen molar-refractivity contribution in [3.05, 3.63) is 68.4 Å². The van der Waals surface area contributed by atoms with Crippen molar-refractivity contribution >= 4 is 45.8 Å². The van der Waals surface area contributed by atoms with Gasteiger partial charge in [0.1, 0.15) is 28.0 Å². The molecule has 0 unspecified atom stereocenters. The third kappa shape index (κ3) is 5.78. The molecule has 0 aliphatic carbocycles. The zero-order valence-corrected chi connectivity index (χ0v) is 20.7. The van der Waals surface area contributed by atoms with Gasteiger partial charge in [0.15, 0.2) is 5.76 Å². The molecule has 3 aromatic rings. The molecular formula is C24H24ClNO7S. The standard InChI is InChI=1S/C24H24ClNO7S/c1-5-30-23(28)19-14(4)20(24(29)31-6-2)34-22(19)26-21(27)18-10-8-16(33-18)12-32-17-9-7-15(25)11-13(17)3/h7-11H,5-6,12H2,1-4H3,(H,26,27). The number of rotatable bonds is 9. The summed E-state index contributed by atoms with van der Waals surface area (Å²) >= 11 is 6.90. The molecule has 0 aliphatic rings. The molecule has 8 nitrogen and oxygen atoms in total. The van der Waals surface area contributed by atoms with Gasteiger partial charge in [-0.15, -0.1) is 11.3 Å². The number of furan rings is 1. The molecule has 0 fully saturated rings. The fourth-order valence-electron chi connectivity index (χ4n) is 3.11. The molecule has 0 saturated heterocycles. The lowest BCUT2D eigenvalue weighted by Crippen LogP contribution is -2.14. The maximum absolute atomic E-state index is 12.8. The minimum Gasteiger partial charge on any atom is -0.485 e. The van der Waals surface area contributed by atoms with Crippen LogP contribution in [0.1, 0.15) is 61.3 Å². The number of hydrogen-bond acceptors (Lipinski definition) is 8. The lowest BCUT2D eigenvalue weighted by molar-refractivity contribution is 0.0527. The van der Waals surface area contributed by atoms with Gasteiger partial charge in [-0.3, -0.25) is 4.79 Å². The van der Waals surface area contributed by atoms with Gasteiger partial charge >= 0.3 is 11.9 Å². The van der Waals surface area contributed by atoms with Crippen LogP contribution in [0.25, 0.3) is 0 Å². The van der Waals surface area contributed by atoms with Gasteiger partial charge in [-0.1, -0.05) is 11.6 Å². The van der Waals surface area contributed by atoms with E-state index in [-0.39, 0.29) is 41.0 Å². The molecular weight excluding hydrogens is 482 g/mol. The minimum absolute atomic E-state index is 0.0185. The van der Waals surface area contributed by atoms with E-state index in [1.165, 1.54) is 6.07 Å². The van der Waals surface area contributed by atoms with E-state index in [1.54, 1.807) is 45.0 Å². The maximum atomic E-state index is 12.8. The Hall–Kier alpha value is -3.30. The van der Waals surface area contributed by atoms with E-state index >= 15 is 0 Å². The van der Waals surface area contributed by atoms with Crippen LogP contribution in [0.4, 0.5) is 5.00 Å². The van der Waals surface area contributed by atoms with Gasteiger partial charge in [0.25, 0.3) is 5.91 Å². The van der Waals surface area contributed by atoms with Crippen LogP contribution in [0.3, 0.4) is 0 Å². The van der Waals surface area contributed by atoms with Crippen molar-refractivity contribution in [2.45, 2.75) is 34.3 Å². The molecule has 0 radical (unpaired) electrons. The second-order valence-electron chi connectivity index (χ2n) is 7.12. The Morgan fingerprint density at radius 1 is 1.03 bits per heavy atom. The number of nitrogens with one attached hydrogen (secondary N) is 1. The summed E-state index contributed by atoms with van der Waals surface area (Å²) in [6.45, 7) is 7.26. The van der Waals surface area contributed by atoms with Crippen LogP contribution < -0.4 is 10.1 Å². The second-order valence-corrected chi connectivity index (χ2v) is 8.58. The molecule has 2 heterocycles. The first-order valence-electron chi connectivity index (χ1n) is 10.5. The van der Waals surface area contributed by atoms with Gasteiger partial charge in [0.05, 0.1) is 18.8 Å². The van der Waals surface area contributed by atoms with E-state index in [1.807, 2.05) is 6.92 Å². The summed E-state index contributed by atoms with van der Waals surface area (Å²) in [7, 11) is 0. The number of aryl methyl sites for hydroxylation is 1. The third-order valence-electron chi connectivity index (χ3n) is 4.71. The molecule has 0 spiro atoms.